The van der Waals surface area contributed by atoms with Crippen LogP contribution in [0.1, 0.15) is 48.4 Å². The second-order valence-corrected chi connectivity index (χ2v) is 5.78. The molecule has 1 heterocycles. The topological polar surface area (TPSA) is 12.0 Å². The molecule has 0 saturated heterocycles. The molecular weight excluding hydrogens is 259 g/mol. The Hall–Kier alpha value is -0.550. The highest BCUT2D eigenvalue weighted by molar-refractivity contribution is 7.12. The van der Waals surface area contributed by atoms with E-state index in [0.29, 0.717) is 6.42 Å². The second-order valence-electron chi connectivity index (χ2n) is 4.46. The molecule has 1 N–H and O–H groups in total. The van der Waals surface area contributed by atoms with Gasteiger partial charge in [0.25, 0.3) is 0 Å². The fourth-order valence-corrected chi connectivity index (χ4v) is 2.80. The molecule has 0 saturated carbocycles. The molecule has 0 radical (unpaired) electrons. The standard InChI is InChI=1S/C13H20F3NS/c1-3-9-17-11(5-4-8-13(14,15)16)12-7-6-10(2)18-12/h6-7,11,17H,3-5,8-9H2,1-2H3. The van der Waals surface area contributed by atoms with Crippen molar-refractivity contribution in [2.24, 2.45) is 0 Å². The van der Waals surface area contributed by atoms with Crippen LogP contribution in [0.3, 0.4) is 0 Å². The normalized spacial score (nSPS) is 13.8. The van der Waals surface area contributed by atoms with Crippen molar-refractivity contribution in [1.29, 1.82) is 0 Å². The van der Waals surface area contributed by atoms with Crippen LogP contribution in [-0.2, 0) is 0 Å². The average Bonchev–Trinajstić information content (AvgIpc) is 2.68. The van der Waals surface area contributed by atoms with Crippen LogP contribution in [0.25, 0.3) is 0 Å². The van der Waals surface area contributed by atoms with E-state index in [1.807, 2.05) is 19.1 Å². The zero-order valence-corrected chi connectivity index (χ0v) is 11.6. The van der Waals surface area contributed by atoms with Crippen LogP contribution in [0.15, 0.2) is 12.1 Å². The summed E-state index contributed by atoms with van der Waals surface area (Å²) in [7, 11) is 0. The number of alkyl halides is 3. The maximum Gasteiger partial charge on any atom is 0.389 e. The van der Waals surface area contributed by atoms with Crippen molar-refractivity contribution >= 4 is 11.3 Å². The molecule has 0 aliphatic carbocycles. The van der Waals surface area contributed by atoms with Crippen molar-refractivity contribution in [2.45, 2.75) is 51.7 Å². The zero-order chi connectivity index (χ0) is 13.6. The van der Waals surface area contributed by atoms with E-state index in [-0.39, 0.29) is 12.5 Å². The van der Waals surface area contributed by atoms with Gasteiger partial charge in [-0.1, -0.05) is 6.92 Å². The van der Waals surface area contributed by atoms with E-state index in [2.05, 4.69) is 12.2 Å². The molecule has 104 valence electrons. The number of aryl methyl sites for hydroxylation is 1. The minimum absolute atomic E-state index is 0.0611. The number of halogens is 3. The Balaban J connectivity index is 2.51. The van der Waals surface area contributed by atoms with E-state index >= 15 is 0 Å². The lowest BCUT2D eigenvalue weighted by molar-refractivity contribution is -0.135. The molecule has 1 unspecified atom stereocenters. The molecule has 0 amide bonds. The van der Waals surface area contributed by atoms with Gasteiger partial charge in [-0.15, -0.1) is 11.3 Å². The molecule has 18 heavy (non-hydrogen) atoms. The summed E-state index contributed by atoms with van der Waals surface area (Å²) >= 11 is 1.66. The third-order valence-corrected chi connectivity index (χ3v) is 3.81. The van der Waals surface area contributed by atoms with Gasteiger partial charge in [0.15, 0.2) is 0 Å². The van der Waals surface area contributed by atoms with Gasteiger partial charge in [0.2, 0.25) is 0 Å². The minimum atomic E-state index is -4.04. The summed E-state index contributed by atoms with van der Waals surface area (Å²) in [6, 6.07) is 4.09. The van der Waals surface area contributed by atoms with E-state index in [0.717, 1.165) is 17.8 Å². The Labute approximate surface area is 110 Å². The van der Waals surface area contributed by atoms with Crippen molar-refractivity contribution in [3.8, 4) is 0 Å². The van der Waals surface area contributed by atoms with Crippen molar-refractivity contribution < 1.29 is 13.2 Å². The lowest BCUT2D eigenvalue weighted by Gasteiger charge is -2.17. The van der Waals surface area contributed by atoms with Crippen LogP contribution in [0, 0.1) is 6.92 Å². The lowest BCUT2D eigenvalue weighted by Crippen LogP contribution is -2.22. The lowest BCUT2D eigenvalue weighted by atomic mass is 10.1. The molecule has 0 fully saturated rings. The molecule has 1 aromatic rings. The minimum Gasteiger partial charge on any atom is -0.309 e. The SMILES string of the molecule is CCCNC(CCCC(F)(F)F)c1ccc(C)s1. The molecule has 1 rings (SSSR count). The summed E-state index contributed by atoms with van der Waals surface area (Å²) in [6.07, 6.45) is -3.02. The van der Waals surface area contributed by atoms with E-state index in [1.54, 1.807) is 11.3 Å². The monoisotopic (exact) mass is 279 g/mol. The van der Waals surface area contributed by atoms with Crippen molar-refractivity contribution in [1.82, 2.24) is 5.32 Å². The van der Waals surface area contributed by atoms with Gasteiger partial charge in [0.05, 0.1) is 0 Å². The number of rotatable bonds is 7. The molecule has 5 heteroatoms. The molecule has 0 aromatic carbocycles. The van der Waals surface area contributed by atoms with Crippen molar-refractivity contribution in [2.75, 3.05) is 6.54 Å². The summed E-state index contributed by atoms with van der Waals surface area (Å²) < 4.78 is 36.4. The molecule has 1 atom stereocenters. The van der Waals surface area contributed by atoms with E-state index in [4.69, 9.17) is 0 Å². The average molecular weight is 279 g/mol. The van der Waals surface area contributed by atoms with Gasteiger partial charge < -0.3 is 5.32 Å². The summed E-state index contributed by atoms with van der Waals surface area (Å²) in [4.78, 5) is 2.34. The highest BCUT2D eigenvalue weighted by Crippen LogP contribution is 2.29. The summed E-state index contributed by atoms with van der Waals surface area (Å²) in [5, 5.41) is 3.33. The Bertz CT molecular complexity index is 346. The van der Waals surface area contributed by atoms with Gasteiger partial charge in [-0.25, -0.2) is 0 Å². The molecular formula is C13H20F3NS. The molecule has 0 bridgehead atoms. The van der Waals surface area contributed by atoms with Gasteiger partial charge in [-0.3, -0.25) is 0 Å². The van der Waals surface area contributed by atoms with Gasteiger partial charge in [0, 0.05) is 22.2 Å². The van der Waals surface area contributed by atoms with Crippen LogP contribution in [0.2, 0.25) is 0 Å². The Morgan fingerprint density at radius 2 is 2.06 bits per heavy atom. The Kier molecular flexibility index (Phi) is 6.15. The number of nitrogens with one attached hydrogen (secondary N) is 1. The molecule has 0 aliphatic heterocycles. The summed E-state index contributed by atoms with van der Waals surface area (Å²) in [5.41, 5.74) is 0. The van der Waals surface area contributed by atoms with Crippen molar-refractivity contribution in [3.05, 3.63) is 21.9 Å². The highest BCUT2D eigenvalue weighted by atomic mass is 32.1. The van der Waals surface area contributed by atoms with Crippen LogP contribution in [-0.4, -0.2) is 12.7 Å². The van der Waals surface area contributed by atoms with Crippen molar-refractivity contribution in [3.63, 3.8) is 0 Å². The highest BCUT2D eigenvalue weighted by Gasteiger charge is 2.27. The predicted octanol–water partition coefficient (Wildman–Crippen LogP) is 4.83. The smallest absolute Gasteiger partial charge is 0.309 e. The fraction of sp³-hybridized carbons (Fsp3) is 0.692. The Morgan fingerprint density at radius 3 is 2.56 bits per heavy atom. The van der Waals surface area contributed by atoms with Gasteiger partial charge >= 0.3 is 6.18 Å². The van der Waals surface area contributed by atoms with Crippen LogP contribution in [0.5, 0.6) is 0 Å². The summed E-state index contributed by atoms with van der Waals surface area (Å²) in [5.74, 6) is 0. The summed E-state index contributed by atoms with van der Waals surface area (Å²) in [6.45, 7) is 4.91. The first-order chi connectivity index (χ1) is 8.42. The third kappa shape index (κ3) is 5.87. The first kappa shape index (κ1) is 15.5. The van der Waals surface area contributed by atoms with Crippen LogP contribution < -0.4 is 5.32 Å². The number of thiophene rings is 1. The van der Waals surface area contributed by atoms with Crippen LogP contribution >= 0.6 is 11.3 Å². The maximum absolute atomic E-state index is 12.1. The Morgan fingerprint density at radius 1 is 1.33 bits per heavy atom. The maximum atomic E-state index is 12.1. The first-order valence-electron chi connectivity index (χ1n) is 6.29. The van der Waals surface area contributed by atoms with Gasteiger partial charge in [0.1, 0.15) is 0 Å². The van der Waals surface area contributed by atoms with Crippen LogP contribution in [0.4, 0.5) is 13.2 Å². The second kappa shape index (κ2) is 7.14. The van der Waals surface area contributed by atoms with E-state index < -0.39 is 12.6 Å². The van der Waals surface area contributed by atoms with E-state index in [9.17, 15) is 13.2 Å². The van der Waals surface area contributed by atoms with Gasteiger partial charge in [-0.05, 0) is 44.9 Å². The third-order valence-electron chi connectivity index (χ3n) is 2.70. The molecule has 1 aromatic heterocycles. The fourth-order valence-electron chi connectivity index (χ4n) is 1.81. The first-order valence-corrected chi connectivity index (χ1v) is 7.10. The molecule has 0 aliphatic rings. The number of hydrogen-bond acceptors (Lipinski definition) is 2. The quantitative estimate of drug-likeness (QED) is 0.753. The molecule has 0 spiro atoms. The van der Waals surface area contributed by atoms with E-state index in [1.165, 1.54) is 4.88 Å². The zero-order valence-electron chi connectivity index (χ0n) is 10.8. The number of hydrogen-bond donors (Lipinski definition) is 1. The van der Waals surface area contributed by atoms with Gasteiger partial charge in [-0.2, -0.15) is 13.2 Å². The predicted molar refractivity (Wildman–Crippen MR) is 70.0 cm³/mol. The molecule has 1 nitrogen and oxygen atoms in total. The largest absolute Gasteiger partial charge is 0.389 e.